The molecule has 394 valence electrons. The molecule has 3 aliphatic heterocycles. The van der Waals surface area contributed by atoms with Gasteiger partial charge in [0.15, 0.2) is 17.2 Å². The van der Waals surface area contributed by atoms with Crippen molar-refractivity contribution in [2.45, 2.75) is 135 Å². The monoisotopic (exact) mass is 1030 g/mol. The maximum atomic E-state index is 15.4. The molecule has 0 fully saturated rings. The lowest BCUT2D eigenvalue weighted by molar-refractivity contribution is -0.172. The number of carbonyl (C=O) groups is 9. The summed E-state index contributed by atoms with van der Waals surface area (Å²) in [6.07, 6.45) is 4.73. The third-order valence-corrected chi connectivity index (χ3v) is 14.5. The molecular formula is C55H60FN7O12. The first-order valence-corrected chi connectivity index (χ1v) is 25.5. The molecule has 0 bridgehead atoms. The number of cyclic esters (lactones) is 1. The average molecular weight is 1030 g/mol. The van der Waals surface area contributed by atoms with Crippen LogP contribution < -0.4 is 26.8 Å². The number of ketones is 2. The third kappa shape index (κ3) is 11.8. The van der Waals surface area contributed by atoms with Gasteiger partial charge in [-0.2, -0.15) is 0 Å². The molecular weight excluding hydrogens is 970 g/mol. The number of hydrogen-bond donors (Lipinski definition) is 5. The van der Waals surface area contributed by atoms with Crippen LogP contribution in [-0.4, -0.2) is 98.2 Å². The van der Waals surface area contributed by atoms with Crippen molar-refractivity contribution in [1.29, 1.82) is 0 Å². The number of fused-ring (bicyclic) bond motifs is 5. The number of amides is 6. The smallest absolute Gasteiger partial charge is 0.343 e. The fraction of sp³-hybridized carbons (Fsp3) is 0.436. The number of nitrogens with one attached hydrogen (secondary N) is 4. The lowest BCUT2D eigenvalue weighted by Gasteiger charge is -2.31. The number of halogens is 1. The van der Waals surface area contributed by atoms with Gasteiger partial charge in [0.05, 0.1) is 47.6 Å². The molecule has 19 nitrogen and oxygen atoms in total. The maximum absolute atomic E-state index is 15.4. The van der Waals surface area contributed by atoms with E-state index in [1.165, 1.54) is 22.8 Å². The lowest BCUT2D eigenvalue weighted by Crippen LogP contribution is -2.44. The summed E-state index contributed by atoms with van der Waals surface area (Å²) in [4.78, 5) is 134. The van der Waals surface area contributed by atoms with Crippen LogP contribution in [0.5, 0.6) is 0 Å². The number of ether oxygens (including phenoxy) is 1. The van der Waals surface area contributed by atoms with Gasteiger partial charge in [0.2, 0.25) is 23.6 Å². The maximum Gasteiger partial charge on any atom is 0.343 e. The number of rotatable bonds is 24. The predicted octanol–water partition coefficient (Wildman–Crippen LogP) is 3.55. The minimum absolute atomic E-state index is 0.0324. The van der Waals surface area contributed by atoms with Gasteiger partial charge in [0.1, 0.15) is 12.4 Å². The first-order chi connectivity index (χ1) is 36.0. The van der Waals surface area contributed by atoms with Crippen molar-refractivity contribution in [2.75, 3.05) is 19.6 Å². The molecule has 4 aromatic rings. The molecule has 5 N–H and O–H groups in total. The van der Waals surface area contributed by atoms with E-state index in [0.717, 1.165) is 16.0 Å². The van der Waals surface area contributed by atoms with E-state index in [4.69, 9.17) is 9.72 Å². The standard InChI is InChI=1S/C55H60FN7O12/c1-3-55(74)37-26-42-52-35(29-63(42)53(72)36(37)30-75-54(55)73)51-39(17-16-34-31(2)38(56)27-41(61-52)50(34)51)59-46(68)14-10-23-57-45(67)20-18-43(65)40(25-32-11-6-4-7-12-32)60-47(69)19-15-33(64)28-58-44(66)13-8-5-9-24-62-48(70)21-22-49(62)71/h4,6-7,11-12,21-22,26-27,39-40,74H,3,5,8-10,13-20,23-25,28-30H2,1-2H3,(H,57,67)(H,58,66)(H,59,68)(H,60,69)/t39-,40-,55-/m0/s1. The molecule has 4 aliphatic rings. The van der Waals surface area contributed by atoms with E-state index in [9.17, 15) is 53.1 Å². The molecule has 5 heterocycles. The Balaban J connectivity index is 0.805. The highest BCUT2D eigenvalue weighted by molar-refractivity contribution is 6.12. The summed E-state index contributed by atoms with van der Waals surface area (Å²) in [5, 5.41) is 23.2. The van der Waals surface area contributed by atoms with Gasteiger partial charge in [0, 0.05) is 86.3 Å². The van der Waals surface area contributed by atoms with Crippen LogP contribution in [0.2, 0.25) is 0 Å². The van der Waals surface area contributed by atoms with Crippen molar-refractivity contribution in [3.63, 3.8) is 0 Å². The number of esters is 1. The Labute approximate surface area is 431 Å². The van der Waals surface area contributed by atoms with Crippen molar-refractivity contribution in [3.05, 3.63) is 110 Å². The van der Waals surface area contributed by atoms with E-state index < -0.39 is 52.6 Å². The van der Waals surface area contributed by atoms with Crippen LogP contribution in [0.1, 0.15) is 129 Å². The van der Waals surface area contributed by atoms with Gasteiger partial charge in [-0.15, -0.1) is 0 Å². The second kappa shape index (κ2) is 23.2. The van der Waals surface area contributed by atoms with Crippen LogP contribution >= 0.6 is 0 Å². The first kappa shape index (κ1) is 53.5. The Morgan fingerprint density at radius 1 is 0.840 bits per heavy atom. The minimum atomic E-state index is -2.03. The van der Waals surface area contributed by atoms with E-state index in [-0.39, 0.29) is 131 Å². The number of nitrogens with zero attached hydrogens (tertiary/aromatic N) is 3. The number of pyridine rings is 2. The van der Waals surface area contributed by atoms with Crippen molar-refractivity contribution in [1.82, 2.24) is 35.7 Å². The van der Waals surface area contributed by atoms with Crippen LogP contribution in [0.4, 0.5) is 4.39 Å². The first-order valence-electron chi connectivity index (χ1n) is 25.5. The Bertz CT molecular complexity index is 3080. The van der Waals surface area contributed by atoms with E-state index in [1.54, 1.807) is 44.2 Å². The fourth-order valence-electron chi connectivity index (χ4n) is 10.3. The molecule has 20 heteroatoms. The van der Waals surface area contributed by atoms with Crippen LogP contribution in [0.25, 0.3) is 22.3 Å². The number of aliphatic hydroxyl groups is 1. The summed E-state index contributed by atoms with van der Waals surface area (Å²) >= 11 is 0. The van der Waals surface area contributed by atoms with Crippen LogP contribution in [0, 0.1) is 12.7 Å². The number of Topliss-reactive ketones (excluding diaryl/α,β-unsaturated/α-hetero) is 2. The summed E-state index contributed by atoms with van der Waals surface area (Å²) in [5.41, 5.74) is 2.31. The SMILES string of the molecule is CC[C@@]1(O)C(=O)OCc2c1cc1n(c2=O)Cc2c-1nc1cc(F)c(C)c3c1c2[C@@H](NC(=O)CCCNC(=O)CCC(=O)[C@H](Cc1ccccc1)NC(=O)CCC(=O)CNC(=O)CCCCCN1C(=O)C=CC1=O)CC3. The predicted molar refractivity (Wildman–Crippen MR) is 269 cm³/mol. The van der Waals surface area contributed by atoms with E-state index in [0.29, 0.717) is 71.1 Å². The fourth-order valence-corrected chi connectivity index (χ4v) is 10.3. The third-order valence-electron chi connectivity index (χ3n) is 14.5. The van der Waals surface area contributed by atoms with Gasteiger partial charge < -0.3 is 35.7 Å². The summed E-state index contributed by atoms with van der Waals surface area (Å²) in [6, 6.07) is 10.4. The van der Waals surface area contributed by atoms with Gasteiger partial charge in [-0.05, 0) is 80.2 Å². The number of carbonyl (C=O) groups excluding carboxylic acids is 9. The molecule has 1 aliphatic carbocycles. The molecule has 2 aromatic carbocycles. The zero-order valence-corrected chi connectivity index (χ0v) is 41.9. The second-order valence-electron chi connectivity index (χ2n) is 19.5. The van der Waals surface area contributed by atoms with Crippen molar-refractivity contribution >= 4 is 63.9 Å². The highest BCUT2D eigenvalue weighted by Crippen LogP contribution is 2.46. The van der Waals surface area contributed by atoms with Crippen molar-refractivity contribution in [2.24, 2.45) is 0 Å². The van der Waals surface area contributed by atoms with Gasteiger partial charge in [-0.25, -0.2) is 14.2 Å². The number of hydrogen-bond acceptors (Lipinski definition) is 13. The highest BCUT2D eigenvalue weighted by atomic mass is 19.1. The van der Waals surface area contributed by atoms with Crippen LogP contribution in [-0.2, 0) is 79.5 Å². The molecule has 0 unspecified atom stereocenters. The van der Waals surface area contributed by atoms with Crippen LogP contribution in [0.3, 0.4) is 0 Å². The molecule has 8 rings (SSSR count). The number of imide groups is 1. The molecule has 0 spiro atoms. The molecule has 0 saturated carbocycles. The van der Waals surface area contributed by atoms with Crippen LogP contribution in [0.15, 0.2) is 59.4 Å². The van der Waals surface area contributed by atoms with Gasteiger partial charge in [-0.3, -0.25) is 48.1 Å². The topological polar surface area (TPSA) is 269 Å². The minimum Gasteiger partial charge on any atom is -0.458 e. The van der Waals surface area contributed by atoms with Gasteiger partial charge >= 0.3 is 5.97 Å². The average Bonchev–Trinajstić information content (AvgIpc) is 3.98. The quantitative estimate of drug-likeness (QED) is 0.0337. The lowest BCUT2D eigenvalue weighted by atomic mass is 9.81. The molecule has 0 radical (unpaired) electrons. The highest BCUT2D eigenvalue weighted by Gasteiger charge is 2.46. The number of unbranched alkanes of at least 4 members (excludes halogenated alkanes) is 2. The second-order valence-corrected chi connectivity index (χ2v) is 19.5. The molecule has 2 aromatic heterocycles. The number of aromatic nitrogens is 2. The van der Waals surface area contributed by atoms with Crippen molar-refractivity contribution < 1.29 is 57.4 Å². The zero-order chi connectivity index (χ0) is 53.6. The molecule has 6 amide bonds. The normalized spacial score (nSPS) is 17.5. The van der Waals surface area contributed by atoms with Crippen molar-refractivity contribution in [3.8, 4) is 11.4 Å². The van der Waals surface area contributed by atoms with Gasteiger partial charge in [-0.1, -0.05) is 43.7 Å². The zero-order valence-electron chi connectivity index (χ0n) is 41.9. The Hall–Kier alpha value is -7.74. The number of aryl methyl sites for hydroxylation is 1. The Kier molecular flexibility index (Phi) is 16.6. The Morgan fingerprint density at radius 2 is 1.56 bits per heavy atom. The summed E-state index contributed by atoms with van der Waals surface area (Å²) in [7, 11) is 0. The molecule has 0 saturated heterocycles. The summed E-state index contributed by atoms with van der Waals surface area (Å²) < 4.78 is 22.1. The van der Waals surface area contributed by atoms with E-state index in [1.807, 2.05) is 6.07 Å². The van der Waals surface area contributed by atoms with E-state index >= 15 is 4.39 Å². The Morgan fingerprint density at radius 3 is 2.31 bits per heavy atom. The molecule has 75 heavy (non-hydrogen) atoms. The largest absolute Gasteiger partial charge is 0.458 e. The summed E-state index contributed by atoms with van der Waals surface area (Å²) in [6.45, 7) is 3.22. The summed E-state index contributed by atoms with van der Waals surface area (Å²) in [5.74, 6) is -4.41. The molecule has 3 atom stereocenters. The number of benzene rings is 2. The van der Waals surface area contributed by atoms with Gasteiger partial charge in [0.25, 0.3) is 17.4 Å². The van der Waals surface area contributed by atoms with E-state index in [2.05, 4.69) is 21.3 Å².